The number of hydrogen-bond acceptors (Lipinski definition) is 5. The van der Waals surface area contributed by atoms with Gasteiger partial charge in [0.2, 0.25) is 10.0 Å². The molecule has 1 aromatic carbocycles. The molecule has 1 aromatic heterocycles. The molecule has 0 amide bonds. The maximum absolute atomic E-state index is 12.0. The molecule has 0 saturated carbocycles. The molecule has 8 heteroatoms. The Labute approximate surface area is 123 Å². The molecule has 0 radical (unpaired) electrons. The number of nitrogens with two attached hydrogens (primary N) is 1. The van der Waals surface area contributed by atoms with Gasteiger partial charge in [0.15, 0.2) is 0 Å². The molecule has 7 nitrogen and oxygen atoms in total. The third-order valence-corrected chi connectivity index (χ3v) is 4.28. The lowest BCUT2D eigenvalue weighted by Gasteiger charge is -2.06. The van der Waals surface area contributed by atoms with Crippen LogP contribution in [0.5, 0.6) is 0 Å². The van der Waals surface area contributed by atoms with Crippen LogP contribution in [0.1, 0.15) is 16.7 Å². The minimum absolute atomic E-state index is 0.0955. The standard InChI is InChI=1S/C13H15N5O2S/c1-18-13(15)12(7-16-18)8-17-21(19,20)9-11-4-2-10(6-14)3-5-11/h2-5,7,17H,8-9,15H2,1H3. The fraction of sp³-hybridized carbons (Fsp3) is 0.231. The molecule has 2 aromatic rings. The summed E-state index contributed by atoms with van der Waals surface area (Å²) >= 11 is 0. The van der Waals surface area contributed by atoms with Gasteiger partial charge in [-0.05, 0) is 17.7 Å². The van der Waals surface area contributed by atoms with Crippen molar-refractivity contribution in [3.05, 3.63) is 47.2 Å². The molecule has 0 atom stereocenters. The second kappa shape index (κ2) is 5.95. The summed E-state index contributed by atoms with van der Waals surface area (Å²) in [6, 6.07) is 8.40. The van der Waals surface area contributed by atoms with Crippen molar-refractivity contribution in [3.63, 3.8) is 0 Å². The van der Waals surface area contributed by atoms with E-state index < -0.39 is 10.0 Å². The van der Waals surface area contributed by atoms with Crippen molar-refractivity contribution in [2.75, 3.05) is 5.73 Å². The van der Waals surface area contributed by atoms with Gasteiger partial charge in [-0.3, -0.25) is 4.68 Å². The fourth-order valence-corrected chi connectivity index (χ4v) is 2.87. The number of nitrogens with one attached hydrogen (secondary N) is 1. The predicted octanol–water partition coefficient (Wildman–Crippen LogP) is 0.494. The van der Waals surface area contributed by atoms with Crippen LogP contribution < -0.4 is 10.5 Å². The molecule has 21 heavy (non-hydrogen) atoms. The van der Waals surface area contributed by atoms with Crippen molar-refractivity contribution in [3.8, 4) is 6.07 Å². The molecule has 0 fully saturated rings. The first-order chi connectivity index (χ1) is 9.91. The van der Waals surface area contributed by atoms with Crippen LogP contribution in [0.3, 0.4) is 0 Å². The summed E-state index contributed by atoms with van der Waals surface area (Å²) in [5.74, 6) is 0.273. The molecule has 110 valence electrons. The van der Waals surface area contributed by atoms with Gasteiger partial charge in [-0.25, -0.2) is 13.1 Å². The maximum Gasteiger partial charge on any atom is 0.216 e. The van der Waals surface area contributed by atoms with Crippen LogP contribution in [0.2, 0.25) is 0 Å². The lowest BCUT2D eigenvalue weighted by atomic mass is 10.2. The van der Waals surface area contributed by atoms with E-state index in [2.05, 4.69) is 9.82 Å². The summed E-state index contributed by atoms with van der Waals surface area (Å²) in [5.41, 5.74) is 7.48. The van der Waals surface area contributed by atoms with Gasteiger partial charge in [-0.15, -0.1) is 0 Å². The summed E-state index contributed by atoms with van der Waals surface area (Å²) in [4.78, 5) is 0. The zero-order valence-corrected chi connectivity index (χ0v) is 12.3. The monoisotopic (exact) mass is 305 g/mol. The maximum atomic E-state index is 12.0. The molecule has 0 spiro atoms. The van der Waals surface area contributed by atoms with E-state index in [-0.39, 0.29) is 12.3 Å². The summed E-state index contributed by atoms with van der Waals surface area (Å²) < 4.78 is 28.0. The third-order valence-electron chi connectivity index (χ3n) is 2.99. The van der Waals surface area contributed by atoms with Crippen LogP contribution in [-0.4, -0.2) is 18.2 Å². The Balaban J connectivity index is 2.01. The van der Waals surface area contributed by atoms with Crippen molar-refractivity contribution < 1.29 is 8.42 Å². The highest BCUT2D eigenvalue weighted by atomic mass is 32.2. The van der Waals surface area contributed by atoms with Crippen molar-refractivity contribution >= 4 is 15.8 Å². The van der Waals surface area contributed by atoms with Gasteiger partial charge < -0.3 is 5.73 Å². The zero-order valence-electron chi connectivity index (χ0n) is 11.4. The second-order valence-corrected chi connectivity index (χ2v) is 6.37. The van der Waals surface area contributed by atoms with Gasteiger partial charge in [0.25, 0.3) is 0 Å². The summed E-state index contributed by atoms with van der Waals surface area (Å²) in [7, 11) is -1.80. The van der Waals surface area contributed by atoms with E-state index in [1.165, 1.54) is 10.9 Å². The normalized spacial score (nSPS) is 11.2. The highest BCUT2D eigenvalue weighted by Gasteiger charge is 2.13. The van der Waals surface area contributed by atoms with Crippen molar-refractivity contribution in [1.82, 2.24) is 14.5 Å². The molecule has 0 aliphatic rings. The van der Waals surface area contributed by atoms with E-state index in [0.717, 1.165) is 0 Å². The Morgan fingerprint density at radius 3 is 2.57 bits per heavy atom. The Morgan fingerprint density at radius 1 is 1.38 bits per heavy atom. The Bertz CT molecular complexity index is 772. The first-order valence-corrected chi connectivity index (χ1v) is 7.79. The summed E-state index contributed by atoms with van der Waals surface area (Å²) in [5, 5.41) is 12.6. The summed E-state index contributed by atoms with van der Waals surface area (Å²) in [6.45, 7) is 0.0955. The van der Waals surface area contributed by atoms with E-state index in [0.29, 0.717) is 22.5 Å². The molecule has 1 heterocycles. The first-order valence-electron chi connectivity index (χ1n) is 6.14. The Morgan fingerprint density at radius 2 is 2.05 bits per heavy atom. The van der Waals surface area contributed by atoms with Crippen molar-refractivity contribution in [1.29, 1.82) is 5.26 Å². The topological polar surface area (TPSA) is 114 Å². The zero-order chi connectivity index (χ0) is 15.5. The Kier molecular flexibility index (Phi) is 4.26. The van der Waals surface area contributed by atoms with Crippen molar-refractivity contribution in [2.24, 2.45) is 7.05 Å². The van der Waals surface area contributed by atoms with Crippen LogP contribution in [0.15, 0.2) is 30.5 Å². The molecular formula is C13H15N5O2S. The van der Waals surface area contributed by atoms with Crippen LogP contribution >= 0.6 is 0 Å². The van der Waals surface area contributed by atoms with Gasteiger partial charge in [0.05, 0.1) is 23.6 Å². The number of rotatable bonds is 5. The van der Waals surface area contributed by atoms with Crippen LogP contribution in [0.25, 0.3) is 0 Å². The first kappa shape index (κ1) is 15.0. The molecule has 3 N–H and O–H groups in total. The van der Waals surface area contributed by atoms with Crippen LogP contribution in [-0.2, 0) is 29.4 Å². The van der Waals surface area contributed by atoms with Crippen LogP contribution in [0, 0.1) is 11.3 Å². The minimum Gasteiger partial charge on any atom is -0.384 e. The van der Waals surface area contributed by atoms with Gasteiger partial charge in [-0.2, -0.15) is 10.4 Å². The smallest absolute Gasteiger partial charge is 0.216 e. The number of aromatic nitrogens is 2. The molecule has 0 aliphatic carbocycles. The highest BCUT2D eigenvalue weighted by molar-refractivity contribution is 7.88. The predicted molar refractivity (Wildman–Crippen MR) is 78.2 cm³/mol. The highest BCUT2D eigenvalue weighted by Crippen LogP contribution is 2.11. The molecular weight excluding hydrogens is 290 g/mol. The lowest BCUT2D eigenvalue weighted by Crippen LogP contribution is -2.25. The van der Waals surface area contributed by atoms with Gasteiger partial charge in [0, 0.05) is 19.2 Å². The number of nitrogen functional groups attached to an aromatic ring is 1. The molecule has 0 unspecified atom stereocenters. The minimum atomic E-state index is -3.49. The van der Waals surface area contributed by atoms with Gasteiger partial charge in [0.1, 0.15) is 5.82 Å². The molecule has 0 saturated heterocycles. The van der Waals surface area contributed by atoms with E-state index in [9.17, 15) is 8.42 Å². The number of nitrogens with zero attached hydrogens (tertiary/aromatic N) is 3. The average molecular weight is 305 g/mol. The average Bonchev–Trinajstić information content (AvgIpc) is 2.77. The number of sulfonamides is 1. The lowest BCUT2D eigenvalue weighted by molar-refractivity contribution is 0.580. The van der Waals surface area contributed by atoms with Crippen molar-refractivity contribution in [2.45, 2.75) is 12.3 Å². The number of nitriles is 1. The molecule has 0 bridgehead atoms. The van der Waals surface area contributed by atoms with Gasteiger partial charge >= 0.3 is 0 Å². The second-order valence-electron chi connectivity index (χ2n) is 4.57. The number of anilines is 1. The SMILES string of the molecule is Cn1ncc(CNS(=O)(=O)Cc2ccc(C#N)cc2)c1N. The van der Waals surface area contributed by atoms with E-state index in [1.807, 2.05) is 6.07 Å². The summed E-state index contributed by atoms with van der Waals surface area (Å²) in [6.07, 6.45) is 1.53. The van der Waals surface area contributed by atoms with E-state index in [1.54, 1.807) is 31.3 Å². The van der Waals surface area contributed by atoms with Crippen LogP contribution in [0.4, 0.5) is 5.82 Å². The fourth-order valence-electron chi connectivity index (χ4n) is 1.76. The third kappa shape index (κ3) is 3.81. The molecule has 0 aliphatic heterocycles. The van der Waals surface area contributed by atoms with E-state index >= 15 is 0 Å². The Hall–Kier alpha value is -2.37. The number of aryl methyl sites for hydroxylation is 1. The number of benzene rings is 1. The largest absolute Gasteiger partial charge is 0.384 e. The molecule has 2 rings (SSSR count). The van der Waals surface area contributed by atoms with E-state index in [4.69, 9.17) is 11.0 Å². The van der Waals surface area contributed by atoms with Gasteiger partial charge in [-0.1, -0.05) is 12.1 Å². The quantitative estimate of drug-likeness (QED) is 0.834. The number of hydrogen-bond donors (Lipinski definition) is 2.